The zero-order chi connectivity index (χ0) is 20.7. The van der Waals surface area contributed by atoms with Crippen molar-refractivity contribution < 1.29 is 23.7 Å². The topological polar surface area (TPSA) is 57.2 Å². The molecule has 152 valence electrons. The van der Waals surface area contributed by atoms with Gasteiger partial charge in [0.25, 0.3) is 0 Å². The highest BCUT2D eigenvalue weighted by molar-refractivity contribution is 6.15. The van der Waals surface area contributed by atoms with Crippen molar-refractivity contribution in [3.05, 3.63) is 52.3 Å². The van der Waals surface area contributed by atoms with E-state index in [2.05, 4.69) is 18.7 Å². The minimum Gasteiger partial charge on any atom is -0.493 e. The van der Waals surface area contributed by atoms with Gasteiger partial charge in [-0.1, -0.05) is 6.07 Å². The Morgan fingerprint density at radius 3 is 2.55 bits per heavy atom. The van der Waals surface area contributed by atoms with E-state index < -0.39 is 0 Å². The molecule has 2 heterocycles. The fourth-order valence-corrected chi connectivity index (χ4v) is 3.69. The van der Waals surface area contributed by atoms with Crippen molar-refractivity contribution in [1.82, 2.24) is 4.90 Å². The smallest absolute Gasteiger partial charge is 0.231 e. The lowest BCUT2D eigenvalue weighted by atomic mass is 9.99. The summed E-state index contributed by atoms with van der Waals surface area (Å²) in [5, 5.41) is 0. The first-order valence-corrected chi connectivity index (χ1v) is 9.62. The second kappa shape index (κ2) is 7.44. The van der Waals surface area contributed by atoms with Gasteiger partial charge < -0.3 is 18.9 Å². The van der Waals surface area contributed by atoms with Crippen LogP contribution in [-0.4, -0.2) is 37.7 Å². The molecule has 29 heavy (non-hydrogen) atoms. The summed E-state index contributed by atoms with van der Waals surface area (Å²) in [7, 11) is 3.17. The summed E-state index contributed by atoms with van der Waals surface area (Å²) in [6.07, 6.45) is 1.73. The lowest BCUT2D eigenvalue weighted by Gasteiger charge is -2.32. The van der Waals surface area contributed by atoms with Gasteiger partial charge in [-0.15, -0.1) is 0 Å². The van der Waals surface area contributed by atoms with E-state index >= 15 is 0 Å². The van der Waals surface area contributed by atoms with Crippen molar-refractivity contribution in [2.75, 3.05) is 21.0 Å². The molecule has 6 nitrogen and oxygen atoms in total. The summed E-state index contributed by atoms with van der Waals surface area (Å²) in [4.78, 5) is 15.2. The maximum atomic E-state index is 13.0. The Labute approximate surface area is 170 Å². The normalized spacial score (nSPS) is 17.0. The molecule has 0 bridgehead atoms. The third-order valence-electron chi connectivity index (χ3n) is 5.40. The molecule has 0 aliphatic carbocycles. The molecule has 2 aliphatic heterocycles. The van der Waals surface area contributed by atoms with Crippen LogP contribution in [0.4, 0.5) is 0 Å². The van der Waals surface area contributed by atoms with Crippen LogP contribution in [0.25, 0.3) is 6.08 Å². The average molecular weight is 395 g/mol. The number of carbonyl (C=O) groups excluding carboxylic acids is 1. The number of Topliss-reactive ketones (excluding diaryl/α,β-unsaturated/α-hetero) is 1. The van der Waals surface area contributed by atoms with Crippen LogP contribution in [0.5, 0.6) is 23.0 Å². The average Bonchev–Trinajstić information content (AvgIpc) is 3.03. The summed E-state index contributed by atoms with van der Waals surface area (Å²) in [6.45, 7) is 7.49. The zero-order valence-corrected chi connectivity index (χ0v) is 17.4. The zero-order valence-electron chi connectivity index (χ0n) is 17.4. The van der Waals surface area contributed by atoms with Gasteiger partial charge in [0.05, 0.1) is 19.8 Å². The first kappa shape index (κ1) is 19.3. The summed E-state index contributed by atoms with van der Waals surface area (Å²) in [6, 6.07) is 7.74. The Kier molecular flexibility index (Phi) is 4.96. The molecule has 0 spiro atoms. The van der Waals surface area contributed by atoms with Crippen molar-refractivity contribution in [3.63, 3.8) is 0 Å². The Hall–Kier alpha value is -2.99. The molecule has 0 fully saturated rings. The molecule has 2 aromatic carbocycles. The SMILES string of the molecule is COc1ccc(C=C2Oc3c(cc4c(c3C)OCN(C(C)C)C4)C2=O)cc1OC. The van der Waals surface area contributed by atoms with E-state index in [4.69, 9.17) is 18.9 Å². The van der Waals surface area contributed by atoms with Crippen LogP contribution in [0.2, 0.25) is 0 Å². The van der Waals surface area contributed by atoms with E-state index in [1.807, 2.05) is 25.1 Å². The van der Waals surface area contributed by atoms with Gasteiger partial charge in [0.15, 0.2) is 17.3 Å². The van der Waals surface area contributed by atoms with E-state index in [9.17, 15) is 4.79 Å². The Morgan fingerprint density at radius 1 is 1.10 bits per heavy atom. The van der Waals surface area contributed by atoms with E-state index in [1.54, 1.807) is 26.4 Å². The fraction of sp³-hybridized carbons (Fsp3) is 0.348. The molecule has 4 rings (SSSR count). The lowest BCUT2D eigenvalue weighted by Crippen LogP contribution is -2.37. The molecule has 0 saturated carbocycles. The van der Waals surface area contributed by atoms with Crippen LogP contribution in [0.3, 0.4) is 0 Å². The number of allylic oxidation sites excluding steroid dienone is 1. The van der Waals surface area contributed by atoms with Crippen LogP contribution < -0.4 is 18.9 Å². The van der Waals surface area contributed by atoms with Gasteiger partial charge in [-0.25, -0.2) is 0 Å². The molecular formula is C23H25NO5. The molecule has 2 aromatic rings. The van der Waals surface area contributed by atoms with Crippen LogP contribution in [0.15, 0.2) is 30.0 Å². The second-order valence-electron chi connectivity index (χ2n) is 7.53. The van der Waals surface area contributed by atoms with Gasteiger partial charge >= 0.3 is 0 Å². The number of carbonyl (C=O) groups is 1. The molecule has 0 saturated heterocycles. The van der Waals surface area contributed by atoms with Crippen LogP contribution >= 0.6 is 0 Å². The van der Waals surface area contributed by atoms with E-state index in [0.717, 1.165) is 29.0 Å². The number of ether oxygens (including phenoxy) is 4. The number of benzene rings is 2. The Morgan fingerprint density at radius 2 is 1.86 bits per heavy atom. The molecule has 0 aromatic heterocycles. The molecule has 2 aliphatic rings. The molecule has 0 atom stereocenters. The van der Waals surface area contributed by atoms with Crippen molar-refractivity contribution >= 4 is 11.9 Å². The van der Waals surface area contributed by atoms with Crippen LogP contribution in [0.1, 0.15) is 40.9 Å². The van der Waals surface area contributed by atoms with Crippen LogP contribution in [0, 0.1) is 6.92 Å². The highest BCUT2D eigenvalue weighted by atomic mass is 16.5. The molecular weight excluding hydrogens is 370 g/mol. The summed E-state index contributed by atoms with van der Waals surface area (Å²) in [5.74, 6) is 2.80. The molecule has 0 radical (unpaired) electrons. The molecule has 6 heteroatoms. The predicted molar refractivity (Wildman–Crippen MR) is 110 cm³/mol. The second-order valence-corrected chi connectivity index (χ2v) is 7.53. The quantitative estimate of drug-likeness (QED) is 0.724. The van der Waals surface area contributed by atoms with Crippen LogP contribution in [-0.2, 0) is 6.54 Å². The number of nitrogens with zero attached hydrogens (tertiary/aromatic N) is 1. The van der Waals surface area contributed by atoms with E-state index in [0.29, 0.717) is 41.3 Å². The maximum Gasteiger partial charge on any atom is 0.231 e. The summed E-state index contributed by atoms with van der Waals surface area (Å²) < 4.78 is 22.6. The van der Waals surface area contributed by atoms with Gasteiger partial charge in [0.2, 0.25) is 5.78 Å². The monoisotopic (exact) mass is 395 g/mol. The Bertz CT molecular complexity index is 1010. The van der Waals surface area contributed by atoms with Gasteiger partial charge in [-0.3, -0.25) is 9.69 Å². The number of methoxy groups -OCH3 is 2. The number of hydrogen-bond donors (Lipinski definition) is 0. The predicted octanol–water partition coefficient (Wildman–Crippen LogP) is 4.19. The van der Waals surface area contributed by atoms with E-state index in [1.165, 1.54) is 0 Å². The minimum absolute atomic E-state index is 0.123. The highest BCUT2D eigenvalue weighted by Crippen LogP contribution is 2.43. The summed E-state index contributed by atoms with van der Waals surface area (Å²) in [5.41, 5.74) is 3.26. The summed E-state index contributed by atoms with van der Waals surface area (Å²) >= 11 is 0. The van der Waals surface area contributed by atoms with Crippen molar-refractivity contribution in [1.29, 1.82) is 0 Å². The fourth-order valence-electron chi connectivity index (χ4n) is 3.69. The van der Waals surface area contributed by atoms with Gasteiger partial charge in [0.1, 0.15) is 18.2 Å². The minimum atomic E-state index is -0.123. The van der Waals surface area contributed by atoms with Crippen molar-refractivity contribution in [3.8, 4) is 23.0 Å². The largest absolute Gasteiger partial charge is 0.493 e. The van der Waals surface area contributed by atoms with Gasteiger partial charge in [0, 0.05) is 23.7 Å². The van der Waals surface area contributed by atoms with Gasteiger partial charge in [-0.05, 0) is 50.6 Å². The first-order valence-electron chi connectivity index (χ1n) is 9.62. The van der Waals surface area contributed by atoms with E-state index in [-0.39, 0.29) is 5.78 Å². The van der Waals surface area contributed by atoms with Crippen molar-refractivity contribution in [2.24, 2.45) is 0 Å². The molecule has 0 amide bonds. The lowest BCUT2D eigenvalue weighted by molar-refractivity contribution is 0.0678. The Balaban J connectivity index is 1.69. The standard InChI is InChI=1S/C23H25NO5/c1-13(2)24-11-16-10-17-21(25)20(29-23(17)14(3)22(16)28-12-24)9-15-6-7-18(26-4)19(8-15)27-5/h6-10,13H,11-12H2,1-5H3. The molecule has 0 N–H and O–H groups in total. The van der Waals surface area contributed by atoms with Gasteiger partial charge in [-0.2, -0.15) is 0 Å². The highest BCUT2D eigenvalue weighted by Gasteiger charge is 2.33. The molecule has 0 unspecified atom stereocenters. The number of rotatable bonds is 4. The third kappa shape index (κ3) is 3.34. The maximum absolute atomic E-state index is 13.0. The number of hydrogen-bond acceptors (Lipinski definition) is 6. The number of fused-ring (bicyclic) bond motifs is 2. The third-order valence-corrected chi connectivity index (χ3v) is 5.40. The van der Waals surface area contributed by atoms with Crippen molar-refractivity contribution in [2.45, 2.75) is 33.4 Å². The number of ketones is 1. The first-order chi connectivity index (χ1) is 13.9.